The Hall–Kier alpha value is -3.60. The molecule has 0 aliphatic rings. The summed E-state index contributed by atoms with van der Waals surface area (Å²) in [4.78, 5) is 25.1. The second-order valence-electron chi connectivity index (χ2n) is 7.48. The van der Waals surface area contributed by atoms with Crippen LogP contribution in [0.25, 0.3) is 0 Å². The number of benzene rings is 3. The number of hydrogen-bond donors (Lipinski definition) is 3. The minimum Gasteiger partial charge on any atom is -0.376 e. The summed E-state index contributed by atoms with van der Waals surface area (Å²) in [5, 5.41) is 9.18. The molecule has 5 nitrogen and oxygen atoms in total. The Morgan fingerprint density at radius 2 is 1.45 bits per heavy atom. The van der Waals surface area contributed by atoms with E-state index in [0.29, 0.717) is 5.56 Å². The molecule has 3 rings (SSSR count). The maximum Gasteiger partial charge on any atom is 0.251 e. The average Bonchev–Trinajstić information content (AvgIpc) is 2.82. The number of hydrogen-bond acceptors (Lipinski definition) is 3. The zero-order valence-electron chi connectivity index (χ0n) is 18.0. The van der Waals surface area contributed by atoms with Gasteiger partial charge < -0.3 is 16.0 Å². The third-order valence-corrected chi connectivity index (χ3v) is 5.17. The highest BCUT2D eigenvalue weighted by Crippen LogP contribution is 2.17. The largest absolute Gasteiger partial charge is 0.376 e. The van der Waals surface area contributed by atoms with E-state index in [-0.39, 0.29) is 30.4 Å². The van der Waals surface area contributed by atoms with Crippen LogP contribution in [0.5, 0.6) is 0 Å². The summed E-state index contributed by atoms with van der Waals surface area (Å²) in [7, 11) is 0. The van der Waals surface area contributed by atoms with Crippen LogP contribution in [0.1, 0.15) is 53.8 Å². The van der Waals surface area contributed by atoms with E-state index in [1.165, 1.54) is 0 Å². The van der Waals surface area contributed by atoms with Gasteiger partial charge >= 0.3 is 0 Å². The zero-order chi connectivity index (χ0) is 22.1. The molecule has 160 valence electrons. The van der Waals surface area contributed by atoms with Gasteiger partial charge in [-0.2, -0.15) is 0 Å². The Bertz CT molecular complexity index is 990. The van der Waals surface area contributed by atoms with Crippen LogP contribution in [0, 0.1) is 0 Å². The Kier molecular flexibility index (Phi) is 7.82. The molecule has 3 N–H and O–H groups in total. The molecule has 3 aromatic carbocycles. The molecule has 0 fully saturated rings. The van der Waals surface area contributed by atoms with Crippen LogP contribution in [0.15, 0.2) is 84.9 Å². The molecule has 0 aliphatic carbocycles. The summed E-state index contributed by atoms with van der Waals surface area (Å²) in [6.07, 6.45) is 0.811. The van der Waals surface area contributed by atoms with Gasteiger partial charge in [0.05, 0.1) is 18.6 Å². The molecule has 2 unspecified atom stereocenters. The van der Waals surface area contributed by atoms with Crippen LogP contribution in [-0.4, -0.2) is 18.4 Å². The summed E-state index contributed by atoms with van der Waals surface area (Å²) >= 11 is 0. The van der Waals surface area contributed by atoms with Crippen molar-refractivity contribution >= 4 is 17.5 Å². The van der Waals surface area contributed by atoms with E-state index in [4.69, 9.17) is 0 Å². The van der Waals surface area contributed by atoms with Crippen molar-refractivity contribution in [2.45, 2.75) is 32.4 Å². The maximum atomic E-state index is 12.6. The van der Waals surface area contributed by atoms with Crippen molar-refractivity contribution in [2.24, 2.45) is 0 Å². The average molecular weight is 416 g/mol. The normalized spacial score (nSPS) is 12.5. The minimum atomic E-state index is -0.153. The van der Waals surface area contributed by atoms with Gasteiger partial charge in [0.25, 0.3) is 5.91 Å². The van der Waals surface area contributed by atoms with E-state index < -0.39 is 0 Å². The van der Waals surface area contributed by atoms with Crippen molar-refractivity contribution in [3.63, 3.8) is 0 Å². The summed E-state index contributed by atoms with van der Waals surface area (Å²) in [5.74, 6) is -0.247. The molecule has 0 heterocycles. The monoisotopic (exact) mass is 415 g/mol. The molecule has 2 atom stereocenters. The molecule has 3 aromatic rings. The van der Waals surface area contributed by atoms with Gasteiger partial charge in [0.2, 0.25) is 5.91 Å². The van der Waals surface area contributed by atoms with Crippen molar-refractivity contribution in [3.05, 3.63) is 102 Å². The van der Waals surface area contributed by atoms with Crippen LogP contribution < -0.4 is 16.0 Å². The smallest absolute Gasteiger partial charge is 0.251 e. The summed E-state index contributed by atoms with van der Waals surface area (Å²) < 4.78 is 0. The first-order chi connectivity index (χ1) is 15.1. The number of rotatable bonds is 9. The molecule has 0 radical (unpaired) electrons. The number of carbonyl (C=O) groups excluding carboxylic acids is 2. The molecule has 0 saturated carbocycles. The number of anilines is 1. The predicted molar refractivity (Wildman–Crippen MR) is 125 cm³/mol. The fourth-order valence-electron chi connectivity index (χ4n) is 3.41. The zero-order valence-corrected chi connectivity index (χ0v) is 18.0. The third-order valence-electron chi connectivity index (χ3n) is 5.17. The van der Waals surface area contributed by atoms with Gasteiger partial charge in [-0.3, -0.25) is 9.59 Å². The molecular formula is C26H29N3O2. The van der Waals surface area contributed by atoms with Crippen molar-refractivity contribution < 1.29 is 9.59 Å². The van der Waals surface area contributed by atoms with Gasteiger partial charge in [0, 0.05) is 11.3 Å². The third kappa shape index (κ3) is 6.44. The van der Waals surface area contributed by atoms with Gasteiger partial charge in [0.15, 0.2) is 0 Å². The Labute approximate surface area is 183 Å². The van der Waals surface area contributed by atoms with E-state index >= 15 is 0 Å². The van der Waals surface area contributed by atoms with Crippen molar-refractivity contribution in [1.82, 2.24) is 10.6 Å². The topological polar surface area (TPSA) is 70.2 Å². The van der Waals surface area contributed by atoms with Gasteiger partial charge in [-0.25, -0.2) is 0 Å². The Morgan fingerprint density at radius 3 is 2.10 bits per heavy atom. The first-order valence-corrected chi connectivity index (χ1v) is 10.6. The quantitative estimate of drug-likeness (QED) is 0.468. The molecule has 0 aliphatic heterocycles. The molecule has 5 heteroatoms. The number of amides is 2. The second-order valence-corrected chi connectivity index (χ2v) is 7.48. The van der Waals surface area contributed by atoms with Crippen molar-refractivity contribution in [3.8, 4) is 0 Å². The molecule has 0 spiro atoms. The van der Waals surface area contributed by atoms with E-state index in [1.54, 1.807) is 18.2 Å². The van der Waals surface area contributed by atoms with Gasteiger partial charge in [-0.05, 0) is 42.7 Å². The highest BCUT2D eigenvalue weighted by molar-refractivity contribution is 5.95. The highest BCUT2D eigenvalue weighted by Gasteiger charge is 2.14. The molecular weight excluding hydrogens is 386 g/mol. The molecule has 31 heavy (non-hydrogen) atoms. The standard InChI is InChI=1S/C26H29N3O2/c1-3-24(21-13-8-5-9-14-21)29-25(30)18-27-23-16-10-15-22(17-23)26(31)28-19(2)20-11-6-4-7-12-20/h4-17,19,24,27H,3,18H2,1-2H3,(H,28,31)(H,29,30). The first-order valence-electron chi connectivity index (χ1n) is 10.6. The van der Waals surface area contributed by atoms with Crippen LogP contribution in [0.4, 0.5) is 5.69 Å². The molecule has 0 aromatic heterocycles. The summed E-state index contributed by atoms with van der Waals surface area (Å²) in [5.41, 5.74) is 3.40. The van der Waals surface area contributed by atoms with Crippen molar-refractivity contribution in [2.75, 3.05) is 11.9 Å². The van der Waals surface area contributed by atoms with E-state index in [9.17, 15) is 9.59 Å². The second kappa shape index (κ2) is 11.0. The Morgan fingerprint density at radius 1 is 0.806 bits per heavy atom. The highest BCUT2D eigenvalue weighted by atomic mass is 16.2. The number of carbonyl (C=O) groups is 2. The van der Waals surface area contributed by atoms with Crippen LogP contribution in [-0.2, 0) is 4.79 Å². The lowest BCUT2D eigenvalue weighted by molar-refractivity contribution is -0.120. The predicted octanol–water partition coefficient (Wildman–Crippen LogP) is 4.86. The lowest BCUT2D eigenvalue weighted by Gasteiger charge is -2.18. The minimum absolute atomic E-state index is 0.0212. The van der Waals surface area contributed by atoms with Crippen LogP contribution in [0.3, 0.4) is 0 Å². The van der Waals surface area contributed by atoms with E-state index in [1.807, 2.05) is 80.6 Å². The SMILES string of the molecule is CCC(NC(=O)CNc1cccc(C(=O)NC(C)c2ccccc2)c1)c1ccccc1. The van der Waals surface area contributed by atoms with E-state index in [2.05, 4.69) is 16.0 Å². The van der Waals surface area contributed by atoms with Gasteiger partial charge in [0.1, 0.15) is 0 Å². The fourth-order valence-corrected chi connectivity index (χ4v) is 3.41. The lowest BCUT2D eigenvalue weighted by atomic mass is 10.0. The van der Waals surface area contributed by atoms with Crippen molar-refractivity contribution in [1.29, 1.82) is 0 Å². The van der Waals surface area contributed by atoms with Gasteiger partial charge in [-0.1, -0.05) is 73.7 Å². The molecule has 0 saturated heterocycles. The molecule has 0 bridgehead atoms. The Balaban J connectivity index is 1.55. The fraction of sp³-hybridized carbons (Fsp3) is 0.231. The summed E-state index contributed by atoms with van der Waals surface area (Å²) in [6, 6.07) is 26.8. The summed E-state index contributed by atoms with van der Waals surface area (Å²) in [6.45, 7) is 4.13. The lowest BCUT2D eigenvalue weighted by Crippen LogP contribution is -2.33. The number of nitrogens with one attached hydrogen (secondary N) is 3. The van der Waals surface area contributed by atoms with Gasteiger partial charge in [-0.15, -0.1) is 0 Å². The maximum absolute atomic E-state index is 12.6. The molecule has 2 amide bonds. The van der Waals surface area contributed by atoms with Crippen LogP contribution in [0.2, 0.25) is 0 Å². The van der Waals surface area contributed by atoms with E-state index in [0.717, 1.165) is 23.2 Å². The van der Waals surface area contributed by atoms with Crippen LogP contribution >= 0.6 is 0 Å². The first kappa shape index (κ1) is 22.1.